The van der Waals surface area contributed by atoms with Crippen LogP contribution in [0.5, 0.6) is 0 Å². The Morgan fingerprint density at radius 2 is 1.62 bits per heavy atom. The molecule has 13 heavy (non-hydrogen) atoms. The molecule has 1 rings (SSSR count). The van der Waals surface area contributed by atoms with Crippen molar-refractivity contribution in [2.24, 2.45) is 0 Å². The minimum absolute atomic E-state index is 0.189. The zero-order valence-electron chi connectivity index (χ0n) is 9.10. The molecule has 0 saturated heterocycles. The van der Waals surface area contributed by atoms with Crippen LogP contribution in [0.2, 0.25) is 0 Å². The Kier molecular flexibility index (Phi) is 2.76. The third-order valence-corrected chi connectivity index (χ3v) is 2.56. The summed E-state index contributed by atoms with van der Waals surface area (Å²) in [6.07, 6.45) is 0. The summed E-state index contributed by atoms with van der Waals surface area (Å²) in [6, 6.07) is 4.36. The van der Waals surface area contributed by atoms with E-state index < -0.39 is 0 Å². The van der Waals surface area contributed by atoms with Crippen molar-refractivity contribution in [1.82, 2.24) is 0 Å². The lowest BCUT2D eigenvalue weighted by atomic mass is 9.83. The highest BCUT2D eigenvalue weighted by Gasteiger charge is 2.18. The second kappa shape index (κ2) is 3.38. The first-order valence-electron chi connectivity index (χ1n) is 4.63. The van der Waals surface area contributed by atoms with Gasteiger partial charge in [-0.3, -0.25) is 0 Å². The van der Waals surface area contributed by atoms with Gasteiger partial charge in [-0.15, -0.1) is 12.6 Å². The Morgan fingerprint density at radius 1 is 1.08 bits per heavy atom. The zero-order chi connectivity index (χ0) is 10.2. The van der Waals surface area contributed by atoms with E-state index >= 15 is 0 Å². The minimum atomic E-state index is 0.189. The summed E-state index contributed by atoms with van der Waals surface area (Å²) in [5.41, 5.74) is 4.18. The molecule has 0 radical (unpaired) electrons. The maximum Gasteiger partial charge on any atom is 0.00826 e. The number of rotatable bonds is 0. The Balaban J connectivity index is 3.38. The van der Waals surface area contributed by atoms with E-state index in [1.54, 1.807) is 0 Å². The number of hydrogen-bond acceptors (Lipinski definition) is 1. The van der Waals surface area contributed by atoms with E-state index in [1.165, 1.54) is 16.7 Å². The van der Waals surface area contributed by atoms with Gasteiger partial charge in [0.1, 0.15) is 0 Å². The van der Waals surface area contributed by atoms with Crippen LogP contribution < -0.4 is 0 Å². The third kappa shape index (κ3) is 2.28. The second-order valence-electron chi connectivity index (χ2n) is 4.73. The van der Waals surface area contributed by atoms with Crippen molar-refractivity contribution in [2.75, 3.05) is 0 Å². The van der Waals surface area contributed by atoms with E-state index in [0.29, 0.717) is 0 Å². The van der Waals surface area contributed by atoms with Crippen molar-refractivity contribution in [2.45, 2.75) is 44.9 Å². The van der Waals surface area contributed by atoms with Crippen LogP contribution >= 0.6 is 12.6 Å². The van der Waals surface area contributed by atoms with Gasteiger partial charge >= 0.3 is 0 Å². The van der Waals surface area contributed by atoms with Crippen LogP contribution in [0.4, 0.5) is 0 Å². The highest BCUT2D eigenvalue weighted by Crippen LogP contribution is 2.31. The Hall–Kier alpha value is -0.430. The van der Waals surface area contributed by atoms with E-state index in [0.717, 1.165) is 4.90 Å². The molecule has 0 heterocycles. The molecule has 0 nitrogen and oxygen atoms in total. The average molecular weight is 194 g/mol. The molecule has 0 aliphatic heterocycles. The fourth-order valence-corrected chi connectivity index (χ4v) is 2.64. The maximum atomic E-state index is 4.53. The highest BCUT2D eigenvalue weighted by atomic mass is 32.1. The van der Waals surface area contributed by atoms with Crippen LogP contribution in [0.3, 0.4) is 0 Å². The molecule has 0 amide bonds. The van der Waals surface area contributed by atoms with Crippen LogP contribution in [0, 0.1) is 13.8 Å². The molecule has 0 N–H and O–H groups in total. The van der Waals surface area contributed by atoms with Crippen LogP contribution in [0.1, 0.15) is 37.5 Å². The van der Waals surface area contributed by atoms with Crippen molar-refractivity contribution >= 4 is 12.6 Å². The number of benzene rings is 1. The van der Waals surface area contributed by atoms with Gasteiger partial charge in [-0.25, -0.2) is 0 Å². The SMILES string of the molecule is Cc1cc(C)c(C(C)(C)C)c(S)c1. The summed E-state index contributed by atoms with van der Waals surface area (Å²) in [5.74, 6) is 0. The van der Waals surface area contributed by atoms with E-state index in [-0.39, 0.29) is 5.41 Å². The lowest BCUT2D eigenvalue weighted by Crippen LogP contribution is -2.14. The van der Waals surface area contributed by atoms with Crippen LogP contribution in [0.15, 0.2) is 17.0 Å². The molecule has 0 aliphatic carbocycles. The van der Waals surface area contributed by atoms with Crippen molar-refractivity contribution < 1.29 is 0 Å². The summed E-state index contributed by atoms with van der Waals surface area (Å²) in [5, 5.41) is 0. The van der Waals surface area contributed by atoms with E-state index in [1.807, 2.05) is 0 Å². The number of hydrogen-bond donors (Lipinski definition) is 1. The van der Waals surface area contributed by atoms with E-state index in [4.69, 9.17) is 0 Å². The van der Waals surface area contributed by atoms with Crippen LogP contribution in [0.25, 0.3) is 0 Å². The Labute approximate surface area is 86.8 Å². The van der Waals surface area contributed by atoms with Crippen molar-refractivity contribution in [3.63, 3.8) is 0 Å². The summed E-state index contributed by atoms with van der Waals surface area (Å²) < 4.78 is 0. The van der Waals surface area contributed by atoms with Gasteiger partial charge < -0.3 is 0 Å². The van der Waals surface area contributed by atoms with Gasteiger partial charge in [0.15, 0.2) is 0 Å². The van der Waals surface area contributed by atoms with Gasteiger partial charge in [0.25, 0.3) is 0 Å². The zero-order valence-corrected chi connectivity index (χ0v) is 10.00. The van der Waals surface area contributed by atoms with Crippen molar-refractivity contribution in [1.29, 1.82) is 0 Å². The second-order valence-corrected chi connectivity index (χ2v) is 5.21. The minimum Gasteiger partial charge on any atom is -0.143 e. The quantitative estimate of drug-likeness (QED) is 0.595. The smallest absolute Gasteiger partial charge is 0.00826 e. The normalized spacial score (nSPS) is 11.8. The fourth-order valence-electron chi connectivity index (χ4n) is 1.92. The van der Waals surface area contributed by atoms with Gasteiger partial charge in [0.2, 0.25) is 0 Å². The molecular formula is C12H18S. The summed E-state index contributed by atoms with van der Waals surface area (Å²) in [6.45, 7) is 11.0. The lowest BCUT2D eigenvalue weighted by molar-refractivity contribution is 0.573. The maximum absolute atomic E-state index is 4.53. The van der Waals surface area contributed by atoms with Gasteiger partial charge in [0.05, 0.1) is 0 Å². The molecule has 0 fully saturated rings. The molecule has 0 saturated carbocycles. The van der Waals surface area contributed by atoms with Gasteiger partial charge in [-0.1, -0.05) is 26.8 Å². The Morgan fingerprint density at radius 3 is 2.00 bits per heavy atom. The molecule has 1 aromatic carbocycles. The van der Waals surface area contributed by atoms with Crippen LogP contribution in [-0.2, 0) is 5.41 Å². The lowest BCUT2D eigenvalue weighted by Gasteiger charge is -2.24. The molecule has 0 unspecified atom stereocenters. The van der Waals surface area contributed by atoms with Crippen molar-refractivity contribution in [3.05, 3.63) is 28.8 Å². The number of aryl methyl sites for hydroxylation is 2. The predicted molar refractivity (Wildman–Crippen MR) is 61.9 cm³/mol. The molecule has 72 valence electrons. The standard InChI is InChI=1S/C12H18S/c1-8-6-9(2)11(10(13)7-8)12(3,4)5/h6-7,13H,1-5H3. The Bertz CT molecular complexity index is 295. The molecule has 1 heteroatoms. The number of thiol groups is 1. The molecule has 0 bridgehead atoms. The van der Waals surface area contributed by atoms with Gasteiger partial charge in [-0.05, 0) is 42.0 Å². The molecule has 0 spiro atoms. The van der Waals surface area contributed by atoms with Crippen molar-refractivity contribution in [3.8, 4) is 0 Å². The summed E-state index contributed by atoms with van der Waals surface area (Å²) in [7, 11) is 0. The third-order valence-electron chi connectivity index (χ3n) is 2.21. The summed E-state index contributed by atoms with van der Waals surface area (Å²) in [4.78, 5) is 1.12. The van der Waals surface area contributed by atoms with E-state index in [2.05, 4.69) is 59.4 Å². The predicted octanol–water partition coefficient (Wildman–Crippen LogP) is 3.89. The largest absolute Gasteiger partial charge is 0.143 e. The molecule has 1 aromatic rings. The highest BCUT2D eigenvalue weighted by molar-refractivity contribution is 7.80. The van der Waals surface area contributed by atoms with Gasteiger partial charge in [-0.2, -0.15) is 0 Å². The summed E-state index contributed by atoms with van der Waals surface area (Å²) >= 11 is 4.53. The first-order chi connectivity index (χ1) is 5.82. The average Bonchev–Trinajstić information content (AvgIpc) is 1.78. The fraction of sp³-hybridized carbons (Fsp3) is 0.500. The monoisotopic (exact) mass is 194 g/mol. The molecule has 0 atom stereocenters. The topological polar surface area (TPSA) is 0 Å². The first-order valence-corrected chi connectivity index (χ1v) is 5.08. The first kappa shape index (κ1) is 10.6. The molecular weight excluding hydrogens is 176 g/mol. The molecule has 0 aromatic heterocycles. The van der Waals surface area contributed by atoms with E-state index in [9.17, 15) is 0 Å². The molecule has 0 aliphatic rings. The van der Waals surface area contributed by atoms with Gasteiger partial charge in [0, 0.05) is 4.90 Å². The van der Waals surface area contributed by atoms with Crippen LogP contribution in [-0.4, -0.2) is 0 Å².